The molecule has 0 atom stereocenters. The van der Waals surface area contributed by atoms with Crippen LogP contribution in [0.1, 0.15) is 5.56 Å². The lowest BCUT2D eigenvalue weighted by atomic mass is 10.2. The normalized spacial score (nSPS) is 11.0. The van der Waals surface area contributed by atoms with Crippen LogP contribution in [0.15, 0.2) is 59.0 Å². The number of nitrogens with one attached hydrogen (secondary N) is 1. The van der Waals surface area contributed by atoms with E-state index in [1.54, 1.807) is 6.21 Å². The Bertz CT molecular complexity index is 823. The lowest BCUT2D eigenvalue weighted by Crippen LogP contribution is -2.08. The van der Waals surface area contributed by atoms with Crippen LogP contribution in [0.4, 0.5) is 10.8 Å². The van der Waals surface area contributed by atoms with E-state index in [1.807, 2.05) is 55.9 Å². The number of benzene rings is 2. The molecule has 0 spiro atoms. The predicted octanol–water partition coefficient (Wildman–Crippen LogP) is 4.98. The van der Waals surface area contributed by atoms with Gasteiger partial charge in [-0.05, 0) is 29.8 Å². The van der Waals surface area contributed by atoms with Crippen molar-refractivity contribution in [1.82, 2.24) is 4.98 Å². The van der Waals surface area contributed by atoms with Gasteiger partial charge in [0, 0.05) is 35.7 Å². The zero-order valence-electron chi connectivity index (χ0n) is 13.4. The molecule has 0 saturated heterocycles. The molecule has 0 aliphatic heterocycles. The third kappa shape index (κ3) is 4.13. The van der Waals surface area contributed by atoms with Gasteiger partial charge in [-0.3, -0.25) is 5.43 Å². The van der Waals surface area contributed by atoms with Crippen molar-refractivity contribution in [3.8, 4) is 11.3 Å². The lowest BCUT2D eigenvalue weighted by molar-refractivity contribution is 1.13. The van der Waals surface area contributed by atoms with Gasteiger partial charge in [-0.2, -0.15) is 5.10 Å². The standard InChI is InChI=1S/C18H17ClN4S/c1-23(2)16-9-3-13(4-10-16)11-20-22-18-21-17(12-24-18)14-5-7-15(19)8-6-14/h3-12H,1-2H3,(H,21,22)/b20-11-. The highest BCUT2D eigenvalue weighted by Crippen LogP contribution is 2.25. The van der Waals surface area contributed by atoms with Gasteiger partial charge in [0.05, 0.1) is 11.9 Å². The molecule has 0 amide bonds. The van der Waals surface area contributed by atoms with Crippen molar-refractivity contribution in [2.45, 2.75) is 0 Å². The van der Waals surface area contributed by atoms with E-state index in [2.05, 4.69) is 32.5 Å². The summed E-state index contributed by atoms with van der Waals surface area (Å²) in [4.78, 5) is 6.59. The third-order valence-electron chi connectivity index (χ3n) is 3.43. The summed E-state index contributed by atoms with van der Waals surface area (Å²) in [5.74, 6) is 0. The molecule has 3 rings (SSSR count). The van der Waals surface area contributed by atoms with Crippen molar-refractivity contribution >= 4 is 40.0 Å². The Hall–Kier alpha value is -2.37. The quantitative estimate of drug-likeness (QED) is 0.518. The van der Waals surface area contributed by atoms with Gasteiger partial charge in [0.15, 0.2) is 0 Å². The summed E-state index contributed by atoms with van der Waals surface area (Å²) >= 11 is 7.42. The van der Waals surface area contributed by atoms with Crippen LogP contribution in [0.3, 0.4) is 0 Å². The van der Waals surface area contributed by atoms with Gasteiger partial charge < -0.3 is 4.90 Å². The maximum Gasteiger partial charge on any atom is 0.203 e. The molecule has 0 aliphatic carbocycles. The second-order valence-electron chi connectivity index (χ2n) is 5.40. The fourth-order valence-corrected chi connectivity index (χ4v) is 2.89. The SMILES string of the molecule is CN(C)c1ccc(/C=N\Nc2nc(-c3ccc(Cl)cc3)cs2)cc1. The van der Waals surface area contributed by atoms with Crippen molar-refractivity contribution < 1.29 is 0 Å². The predicted molar refractivity (Wildman–Crippen MR) is 105 cm³/mol. The summed E-state index contributed by atoms with van der Waals surface area (Å²) in [6, 6.07) is 15.8. The molecule has 0 bridgehead atoms. The Morgan fingerprint density at radius 1 is 1.08 bits per heavy atom. The van der Waals surface area contributed by atoms with Crippen LogP contribution in [-0.4, -0.2) is 25.3 Å². The Morgan fingerprint density at radius 3 is 2.46 bits per heavy atom. The summed E-state index contributed by atoms with van der Waals surface area (Å²) in [6.45, 7) is 0. The van der Waals surface area contributed by atoms with Gasteiger partial charge in [-0.1, -0.05) is 35.9 Å². The average molecular weight is 357 g/mol. The van der Waals surface area contributed by atoms with Gasteiger partial charge in [0.2, 0.25) is 5.13 Å². The molecule has 24 heavy (non-hydrogen) atoms. The highest BCUT2D eigenvalue weighted by molar-refractivity contribution is 7.14. The van der Waals surface area contributed by atoms with Gasteiger partial charge in [-0.25, -0.2) is 4.98 Å². The topological polar surface area (TPSA) is 40.5 Å². The molecule has 0 saturated carbocycles. The summed E-state index contributed by atoms with van der Waals surface area (Å²) in [5.41, 5.74) is 7.10. The van der Waals surface area contributed by atoms with E-state index in [4.69, 9.17) is 11.6 Å². The van der Waals surface area contributed by atoms with Crippen molar-refractivity contribution in [3.63, 3.8) is 0 Å². The first kappa shape index (κ1) is 16.5. The van der Waals surface area contributed by atoms with Crippen LogP contribution in [0.2, 0.25) is 5.02 Å². The zero-order chi connectivity index (χ0) is 16.9. The van der Waals surface area contributed by atoms with Gasteiger partial charge in [0.25, 0.3) is 0 Å². The number of hydrazone groups is 1. The molecule has 1 N–H and O–H groups in total. The first-order valence-electron chi connectivity index (χ1n) is 7.40. The number of nitrogens with zero attached hydrogens (tertiary/aromatic N) is 3. The van der Waals surface area contributed by atoms with Crippen molar-refractivity contribution in [2.75, 3.05) is 24.4 Å². The Kier molecular flexibility index (Phi) is 5.13. The van der Waals surface area contributed by atoms with E-state index >= 15 is 0 Å². The Balaban J connectivity index is 1.63. The number of halogens is 1. The number of hydrogen-bond acceptors (Lipinski definition) is 5. The van der Waals surface area contributed by atoms with E-state index in [0.717, 1.165) is 32.7 Å². The molecule has 1 aromatic heterocycles. The highest BCUT2D eigenvalue weighted by atomic mass is 35.5. The number of anilines is 2. The molecule has 6 heteroatoms. The van der Waals surface area contributed by atoms with E-state index in [0.29, 0.717) is 0 Å². The Labute approximate surface area is 150 Å². The van der Waals surface area contributed by atoms with Crippen LogP contribution in [0, 0.1) is 0 Å². The minimum atomic E-state index is 0.720. The second-order valence-corrected chi connectivity index (χ2v) is 6.70. The maximum atomic E-state index is 5.91. The number of thiazole rings is 1. The molecular formula is C18H17ClN4S. The number of rotatable bonds is 5. The number of aromatic nitrogens is 1. The first-order valence-corrected chi connectivity index (χ1v) is 8.65. The van der Waals surface area contributed by atoms with Gasteiger partial charge >= 0.3 is 0 Å². The smallest absolute Gasteiger partial charge is 0.203 e. The third-order valence-corrected chi connectivity index (χ3v) is 4.43. The summed E-state index contributed by atoms with van der Waals surface area (Å²) < 4.78 is 0. The minimum absolute atomic E-state index is 0.720. The summed E-state index contributed by atoms with van der Waals surface area (Å²) in [6.07, 6.45) is 1.78. The molecule has 1 heterocycles. The van der Waals surface area contributed by atoms with Gasteiger partial charge in [-0.15, -0.1) is 11.3 Å². The average Bonchev–Trinajstić information content (AvgIpc) is 3.05. The summed E-state index contributed by atoms with van der Waals surface area (Å²) in [7, 11) is 4.04. The monoisotopic (exact) mass is 356 g/mol. The Morgan fingerprint density at radius 2 is 1.79 bits per heavy atom. The van der Waals surface area contributed by atoms with Crippen LogP contribution in [-0.2, 0) is 0 Å². The molecule has 0 radical (unpaired) electrons. The molecule has 0 aliphatic rings. The van der Waals surface area contributed by atoms with Crippen molar-refractivity contribution in [1.29, 1.82) is 0 Å². The van der Waals surface area contributed by atoms with Crippen LogP contribution >= 0.6 is 22.9 Å². The fraction of sp³-hybridized carbons (Fsp3) is 0.111. The summed E-state index contributed by atoms with van der Waals surface area (Å²) in [5, 5.41) is 7.71. The van der Waals surface area contributed by atoms with Crippen LogP contribution in [0.25, 0.3) is 11.3 Å². The molecule has 122 valence electrons. The minimum Gasteiger partial charge on any atom is -0.378 e. The van der Waals surface area contributed by atoms with Crippen molar-refractivity contribution in [3.05, 3.63) is 64.5 Å². The molecule has 2 aromatic carbocycles. The molecular weight excluding hydrogens is 340 g/mol. The van der Waals surface area contributed by atoms with E-state index < -0.39 is 0 Å². The largest absolute Gasteiger partial charge is 0.378 e. The van der Waals surface area contributed by atoms with E-state index in [1.165, 1.54) is 11.3 Å². The van der Waals surface area contributed by atoms with E-state index in [-0.39, 0.29) is 0 Å². The van der Waals surface area contributed by atoms with Crippen LogP contribution < -0.4 is 10.3 Å². The first-order chi connectivity index (χ1) is 11.6. The second kappa shape index (κ2) is 7.47. The van der Waals surface area contributed by atoms with Crippen LogP contribution in [0.5, 0.6) is 0 Å². The number of hydrogen-bond donors (Lipinski definition) is 1. The lowest BCUT2D eigenvalue weighted by Gasteiger charge is -2.11. The molecule has 0 unspecified atom stereocenters. The van der Waals surface area contributed by atoms with E-state index in [9.17, 15) is 0 Å². The highest BCUT2D eigenvalue weighted by Gasteiger charge is 2.03. The zero-order valence-corrected chi connectivity index (χ0v) is 15.0. The molecule has 4 nitrogen and oxygen atoms in total. The maximum absolute atomic E-state index is 5.91. The molecule has 3 aromatic rings. The van der Waals surface area contributed by atoms with Crippen molar-refractivity contribution in [2.24, 2.45) is 5.10 Å². The molecule has 0 fully saturated rings. The fourth-order valence-electron chi connectivity index (χ4n) is 2.10. The van der Waals surface area contributed by atoms with Gasteiger partial charge in [0.1, 0.15) is 0 Å².